The molecule has 0 bridgehead atoms. The van der Waals surface area contributed by atoms with Crippen LogP contribution in [0.1, 0.15) is 42.0 Å². The predicted octanol–water partition coefficient (Wildman–Crippen LogP) is 3.46. The van der Waals surface area contributed by atoms with E-state index in [-0.39, 0.29) is 30.3 Å². The van der Waals surface area contributed by atoms with Crippen LogP contribution in [0.15, 0.2) is 42.5 Å². The number of nitrogen functional groups attached to an aromatic ring is 1. The van der Waals surface area contributed by atoms with E-state index in [4.69, 9.17) is 20.6 Å². The molecule has 1 saturated heterocycles. The Balaban J connectivity index is 1.76. The van der Waals surface area contributed by atoms with Gasteiger partial charge in [0.05, 0.1) is 23.9 Å². The highest BCUT2D eigenvalue weighted by molar-refractivity contribution is 7.93. The summed E-state index contributed by atoms with van der Waals surface area (Å²) in [6.07, 6.45) is -0.932. The zero-order valence-electron chi connectivity index (χ0n) is 21.8. The standard InChI is InChI=1S/C27H31F3N4O5S/c1-2-38-25(35)16-40(36,37)34-20(7-6-17-4-3-5-18(12-17)26(31)32)13-19-14-24(39-21-8-10-33-11-9-21)22(15-23(19)34)27(28,29)30/h3-7,12,14-15,20-21,33H,2,8-11,13,16H2,1H3,(H3,31,32)/b7-6+. The van der Waals surface area contributed by atoms with Gasteiger partial charge in [0.1, 0.15) is 17.7 Å². The van der Waals surface area contributed by atoms with Gasteiger partial charge in [-0.1, -0.05) is 30.4 Å². The van der Waals surface area contributed by atoms with Gasteiger partial charge in [0.2, 0.25) is 10.0 Å². The van der Waals surface area contributed by atoms with Crippen LogP contribution in [-0.4, -0.2) is 57.8 Å². The molecule has 0 aliphatic carbocycles. The first-order valence-corrected chi connectivity index (χ1v) is 14.4. The monoisotopic (exact) mass is 580 g/mol. The van der Waals surface area contributed by atoms with Gasteiger partial charge < -0.3 is 20.5 Å². The average molecular weight is 581 g/mol. The number of nitrogens with two attached hydrogens (primary N) is 1. The lowest BCUT2D eigenvalue weighted by atomic mass is 10.0. The molecule has 0 aromatic heterocycles. The lowest BCUT2D eigenvalue weighted by Crippen LogP contribution is -2.40. The van der Waals surface area contributed by atoms with E-state index in [1.54, 1.807) is 36.4 Å². The Bertz CT molecular complexity index is 1410. The third kappa shape index (κ3) is 6.76. The number of hydrogen-bond donors (Lipinski definition) is 3. The van der Waals surface area contributed by atoms with Crippen LogP contribution in [0.2, 0.25) is 0 Å². The van der Waals surface area contributed by atoms with Gasteiger partial charge in [-0.05, 0) is 68.6 Å². The molecule has 1 unspecified atom stereocenters. The number of nitrogens with zero attached hydrogens (tertiary/aromatic N) is 1. The highest BCUT2D eigenvalue weighted by Crippen LogP contribution is 2.45. The summed E-state index contributed by atoms with van der Waals surface area (Å²) in [7, 11) is -4.44. The van der Waals surface area contributed by atoms with Crippen molar-refractivity contribution in [2.45, 2.75) is 44.5 Å². The quantitative estimate of drug-likeness (QED) is 0.235. The smallest absolute Gasteiger partial charge is 0.420 e. The summed E-state index contributed by atoms with van der Waals surface area (Å²) >= 11 is 0. The maximum Gasteiger partial charge on any atom is 0.420 e. The number of carbonyl (C=O) groups excluding carboxylic acids is 1. The molecule has 2 aliphatic heterocycles. The van der Waals surface area contributed by atoms with Gasteiger partial charge in [-0.2, -0.15) is 13.2 Å². The van der Waals surface area contributed by atoms with E-state index in [9.17, 15) is 26.4 Å². The number of benzene rings is 2. The SMILES string of the molecule is CCOC(=O)CS(=O)(=O)N1c2cc(C(F)(F)F)c(OC3CCNCC3)cc2CC1/C=C/c1cccc(C(=N)N)c1. The van der Waals surface area contributed by atoms with Crippen LogP contribution in [-0.2, 0) is 32.2 Å². The molecule has 0 spiro atoms. The molecule has 2 aromatic carbocycles. The van der Waals surface area contributed by atoms with E-state index in [1.165, 1.54) is 13.0 Å². The molecule has 216 valence electrons. The van der Waals surface area contributed by atoms with Crippen molar-refractivity contribution in [3.63, 3.8) is 0 Å². The predicted molar refractivity (Wildman–Crippen MR) is 145 cm³/mol. The number of alkyl halides is 3. The average Bonchev–Trinajstić information content (AvgIpc) is 3.25. The molecule has 9 nitrogen and oxygen atoms in total. The summed E-state index contributed by atoms with van der Waals surface area (Å²) in [5.41, 5.74) is 5.72. The van der Waals surface area contributed by atoms with Crippen molar-refractivity contribution < 1.29 is 35.9 Å². The number of amidine groups is 1. The van der Waals surface area contributed by atoms with Gasteiger partial charge >= 0.3 is 12.1 Å². The van der Waals surface area contributed by atoms with Gasteiger partial charge in [0.15, 0.2) is 5.75 Å². The molecule has 0 amide bonds. The number of halogens is 3. The van der Waals surface area contributed by atoms with Crippen molar-refractivity contribution in [3.05, 3.63) is 64.7 Å². The lowest BCUT2D eigenvalue weighted by Gasteiger charge is -2.27. The van der Waals surface area contributed by atoms with Gasteiger partial charge in [-0.25, -0.2) is 8.42 Å². The third-order valence-corrected chi connectivity index (χ3v) is 8.31. The maximum atomic E-state index is 14.2. The Morgan fingerprint density at radius 2 is 1.95 bits per heavy atom. The summed E-state index contributed by atoms with van der Waals surface area (Å²) in [6, 6.07) is 7.79. The van der Waals surface area contributed by atoms with E-state index < -0.39 is 45.6 Å². The summed E-state index contributed by atoms with van der Waals surface area (Å²) < 4.78 is 80.9. The number of esters is 1. The van der Waals surface area contributed by atoms with Crippen molar-refractivity contribution in [1.29, 1.82) is 5.41 Å². The van der Waals surface area contributed by atoms with Crippen LogP contribution >= 0.6 is 0 Å². The Labute approximate surface area is 230 Å². The zero-order chi connectivity index (χ0) is 29.1. The first-order valence-electron chi connectivity index (χ1n) is 12.8. The van der Waals surface area contributed by atoms with Crippen molar-refractivity contribution in [2.24, 2.45) is 5.73 Å². The second-order valence-corrected chi connectivity index (χ2v) is 11.4. The fourth-order valence-electron chi connectivity index (χ4n) is 4.83. The van der Waals surface area contributed by atoms with Crippen molar-refractivity contribution in [3.8, 4) is 5.75 Å². The molecule has 13 heteroatoms. The third-order valence-electron chi connectivity index (χ3n) is 6.65. The molecule has 4 rings (SSSR count). The van der Waals surface area contributed by atoms with E-state index in [0.29, 0.717) is 42.6 Å². The summed E-state index contributed by atoms with van der Waals surface area (Å²) in [5, 5.41) is 10.8. The van der Waals surface area contributed by atoms with E-state index in [0.717, 1.165) is 10.4 Å². The molecule has 2 aromatic rings. The van der Waals surface area contributed by atoms with Crippen LogP contribution in [0, 0.1) is 5.41 Å². The van der Waals surface area contributed by atoms with Gasteiger partial charge in [-0.15, -0.1) is 0 Å². The van der Waals surface area contributed by atoms with Crippen LogP contribution < -0.4 is 20.1 Å². The summed E-state index contributed by atoms with van der Waals surface area (Å²) in [4.78, 5) is 12.1. The summed E-state index contributed by atoms with van der Waals surface area (Å²) in [6.45, 7) is 2.72. The van der Waals surface area contributed by atoms with Crippen LogP contribution in [0.3, 0.4) is 0 Å². The second kappa shape index (κ2) is 11.9. The van der Waals surface area contributed by atoms with Crippen molar-refractivity contribution in [2.75, 3.05) is 29.8 Å². The number of carbonyl (C=O) groups is 1. The number of hydrogen-bond acceptors (Lipinski definition) is 7. The summed E-state index contributed by atoms with van der Waals surface area (Å²) in [5.74, 6) is -2.53. The minimum absolute atomic E-state index is 0.0453. The van der Waals surface area contributed by atoms with Crippen LogP contribution in [0.5, 0.6) is 5.75 Å². The fourth-order valence-corrected chi connectivity index (χ4v) is 6.38. The van der Waals surface area contributed by atoms with E-state index in [2.05, 4.69) is 5.32 Å². The normalized spacial score (nSPS) is 18.1. The largest absolute Gasteiger partial charge is 0.490 e. The van der Waals surface area contributed by atoms with Crippen LogP contribution in [0.4, 0.5) is 18.9 Å². The molecule has 2 heterocycles. The molecular weight excluding hydrogens is 549 g/mol. The number of fused-ring (bicyclic) bond motifs is 1. The van der Waals surface area contributed by atoms with Crippen molar-refractivity contribution >= 4 is 33.6 Å². The van der Waals surface area contributed by atoms with E-state index in [1.807, 2.05) is 0 Å². The molecule has 2 aliphatic rings. The van der Waals surface area contributed by atoms with E-state index >= 15 is 0 Å². The van der Waals surface area contributed by atoms with Gasteiger partial charge in [0, 0.05) is 5.56 Å². The maximum absolute atomic E-state index is 14.2. The molecule has 1 fully saturated rings. The number of ether oxygens (including phenoxy) is 2. The Morgan fingerprint density at radius 3 is 2.60 bits per heavy atom. The molecule has 40 heavy (non-hydrogen) atoms. The Hall–Kier alpha value is -3.58. The Kier molecular flexibility index (Phi) is 8.74. The minimum atomic E-state index is -4.81. The lowest BCUT2D eigenvalue weighted by molar-refractivity contribution is -0.140. The van der Waals surface area contributed by atoms with Gasteiger partial charge in [0.25, 0.3) is 0 Å². The number of piperidine rings is 1. The molecule has 0 saturated carbocycles. The molecular formula is C27H31F3N4O5S. The van der Waals surface area contributed by atoms with Crippen LogP contribution in [0.25, 0.3) is 6.08 Å². The number of anilines is 1. The Morgan fingerprint density at radius 1 is 1.23 bits per heavy atom. The van der Waals surface area contributed by atoms with Gasteiger partial charge in [-0.3, -0.25) is 14.5 Å². The minimum Gasteiger partial charge on any atom is -0.490 e. The first kappa shape index (κ1) is 29.4. The fraction of sp³-hybridized carbons (Fsp3) is 0.407. The highest BCUT2D eigenvalue weighted by atomic mass is 32.2. The topological polar surface area (TPSA) is 135 Å². The molecule has 0 radical (unpaired) electrons. The molecule has 1 atom stereocenters. The number of rotatable bonds is 9. The second-order valence-electron chi connectivity index (χ2n) is 9.57. The highest BCUT2D eigenvalue weighted by Gasteiger charge is 2.42. The number of nitrogens with one attached hydrogen (secondary N) is 2. The first-order chi connectivity index (χ1) is 18.9. The zero-order valence-corrected chi connectivity index (χ0v) is 22.6. The van der Waals surface area contributed by atoms with Crippen molar-refractivity contribution in [1.82, 2.24) is 5.32 Å². The molecule has 4 N–H and O–H groups in total. The number of sulfonamides is 1.